The van der Waals surface area contributed by atoms with Gasteiger partial charge in [0.1, 0.15) is 12.0 Å². The van der Waals surface area contributed by atoms with Gasteiger partial charge >= 0.3 is 0 Å². The van der Waals surface area contributed by atoms with Crippen LogP contribution in [0.1, 0.15) is 12.5 Å². The Balaban J connectivity index is 2.31. The molecule has 0 radical (unpaired) electrons. The van der Waals surface area contributed by atoms with Gasteiger partial charge in [-0.2, -0.15) is 10.2 Å². The second-order valence-electron chi connectivity index (χ2n) is 3.81. The first-order valence-electron chi connectivity index (χ1n) is 5.85. The highest BCUT2D eigenvalue weighted by Gasteiger charge is 2.10. The van der Waals surface area contributed by atoms with Gasteiger partial charge in [0, 0.05) is 4.47 Å². The van der Waals surface area contributed by atoms with Gasteiger partial charge in [0.05, 0.1) is 23.9 Å². The summed E-state index contributed by atoms with van der Waals surface area (Å²) in [6.45, 7) is 2.33. The Kier molecular flexibility index (Phi) is 4.38. The molecule has 0 spiro atoms. The first-order valence-corrected chi connectivity index (χ1v) is 6.65. The summed E-state index contributed by atoms with van der Waals surface area (Å²) in [5, 5.41) is 11.9. The van der Waals surface area contributed by atoms with Crippen molar-refractivity contribution in [1.29, 1.82) is 5.26 Å². The SMILES string of the molecule is CCOc1ncnc(Nc2ccc(C#N)cc2Br)c1N. The lowest BCUT2D eigenvalue weighted by Gasteiger charge is -2.12. The van der Waals surface area contributed by atoms with Gasteiger partial charge in [-0.05, 0) is 41.1 Å². The number of anilines is 3. The molecule has 1 aromatic carbocycles. The number of hydrogen-bond donors (Lipinski definition) is 2. The average Bonchev–Trinajstić information content (AvgIpc) is 2.45. The summed E-state index contributed by atoms with van der Waals surface area (Å²) in [6.07, 6.45) is 1.38. The molecule has 0 aliphatic heterocycles. The van der Waals surface area contributed by atoms with E-state index in [9.17, 15) is 0 Å². The summed E-state index contributed by atoms with van der Waals surface area (Å²) in [7, 11) is 0. The molecule has 20 heavy (non-hydrogen) atoms. The summed E-state index contributed by atoms with van der Waals surface area (Å²) in [6, 6.07) is 7.25. The Morgan fingerprint density at radius 3 is 2.90 bits per heavy atom. The maximum atomic E-state index is 8.83. The van der Waals surface area contributed by atoms with Gasteiger partial charge in [0.2, 0.25) is 5.88 Å². The molecular weight excluding hydrogens is 322 g/mol. The Hall–Kier alpha value is -2.33. The predicted molar refractivity (Wildman–Crippen MR) is 79.8 cm³/mol. The molecule has 7 heteroatoms. The van der Waals surface area contributed by atoms with Crippen molar-refractivity contribution in [2.75, 3.05) is 17.7 Å². The number of ether oxygens (including phenoxy) is 1. The van der Waals surface area contributed by atoms with Gasteiger partial charge in [-0.3, -0.25) is 0 Å². The third-order valence-electron chi connectivity index (χ3n) is 2.48. The normalized spacial score (nSPS) is 9.85. The number of aromatic nitrogens is 2. The lowest BCUT2D eigenvalue weighted by atomic mass is 10.2. The monoisotopic (exact) mass is 333 g/mol. The number of nitrogens with one attached hydrogen (secondary N) is 1. The molecule has 102 valence electrons. The van der Waals surface area contributed by atoms with E-state index < -0.39 is 0 Å². The van der Waals surface area contributed by atoms with Gasteiger partial charge < -0.3 is 15.8 Å². The van der Waals surface area contributed by atoms with Gasteiger partial charge in [0.15, 0.2) is 5.82 Å². The van der Waals surface area contributed by atoms with E-state index >= 15 is 0 Å². The highest BCUT2D eigenvalue weighted by molar-refractivity contribution is 9.10. The number of benzene rings is 1. The van der Waals surface area contributed by atoms with Crippen molar-refractivity contribution in [3.63, 3.8) is 0 Å². The van der Waals surface area contributed by atoms with Crippen LogP contribution < -0.4 is 15.8 Å². The molecule has 1 aromatic heterocycles. The summed E-state index contributed by atoms with van der Waals surface area (Å²) in [5.74, 6) is 0.795. The van der Waals surface area contributed by atoms with E-state index in [-0.39, 0.29) is 0 Å². The van der Waals surface area contributed by atoms with Crippen molar-refractivity contribution in [2.45, 2.75) is 6.92 Å². The fourth-order valence-electron chi connectivity index (χ4n) is 1.54. The minimum Gasteiger partial charge on any atom is -0.476 e. The fourth-order valence-corrected chi connectivity index (χ4v) is 2.02. The number of rotatable bonds is 4. The van der Waals surface area contributed by atoms with Crippen LogP contribution in [0.15, 0.2) is 29.0 Å². The van der Waals surface area contributed by atoms with Crippen LogP contribution >= 0.6 is 15.9 Å². The van der Waals surface area contributed by atoms with E-state index in [1.165, 1.54) is 6.33 Å². The second kappa shape index (κ2) is 6.21. The summed E-state index contributed by atoms with van der Waals surface area (Å²) >= 11 is 3.39. The van der Waals surface area contributed by atoms with Crippen molar-refractivity contribution in [2.24, 2.45) is 0 Å². The van der Waals surface area contributed by atoms with Crippen LogP contribution in [0.25, 0.3) is 0 Å². The van der Waals surface area contributed by atoms with Crippen molar-refractivity contribution in [3.05, 3.63) is 34.6 Å². The predicted octanol–water partition coefficient (Wildman–Crippen LogP) is 2.84. The molecule has 0 unspecified atom stereocenters. The second-order valence-corrected chi connectivity index (χ2v) is 4.66. The van der Waals surface area contributed by atoms with Crippen molar-refractivity contribution in [3.8, 4) is 11.9 Å². The molecule has 2 aromatic rings. The van der Waals surface area contributed by atoms with Gasteiger partial charge in [0.25, 0.3) is 0 Å². The quantitative estimate of drug-likeness (QED) is 0.892. The minimum absolute atomic E-state index is 0.339. The van der Waals surface area contributed by atoms with E-state index in [0.717, 1.165) is 10.2 Å². The zero-order chi connectivity index (χ0) is 14.5. The molecule has 2 rings (SSSR count). The lowest BCUT2D eigenvalue weighted by molar-refractivity contribution is 0.328. The van der Waals surface area contributed by atoms with Crippen LogP contribution in [0.4, 0.5) is 17.2 Å². The van der Waals surface area contributed by atoms with Crippen molar-refractivity contribution >= 4 is 33.1 Å². The number of nitrogens with two attached hydrogens (primary N) is 1. The Bertz CT molecular complexity index is 668. The van der Waals surface area contributed by atoms with Crippen LogP contribution in [-0.2, 0) is 0 Å². The fraction of sp³-hybridized carbons (Fsp3) is 0.154. The standard InChI is InChI=1S/C13H12BrN5O/c1-2-20-13-11(16)12(17-7-18-13)19-10-4-3-8(6-15)5-9(10)14/h3-5,7H,2,16H2,1H3,(H,17,18,19). The highest BCUT2D eigenvalue weighted by atomic mass is 79.9. The molecule has 1 heterocycles. The molecule has 0 aliphatic carbocycles. The van der Waals surface area contributed by atoms with Crippen LogP contribution in [0, 0.1) is 11.3 Å². The maximum absolute atomic E-state index is 8.83. The van der Waals surface area contributed by atoms with E-state index in [2.05, 4.69) is 37.3 Å². The summed E-state index contributed by atoms with van der Waals surface area (Å²) in [4.78, 5) is 8.05. The molecular formula is C13H12BrN5O. The summed E-state index contributed by atoms with van der Waals surface area (Å²) in [5.41, 5.74) is 7.59. The van der Waals surface area contributed by atoms with E-state index in [4.69, 9.17) is 15.7 Å². The average molecular weight is 334 g/mol. The van der Waals surface area contributed by atoms with Gasteiger partial charge in [-0.1, -0.05) is 0 Å². The number of nitrogen functional groups attached to an aromatic ring is 1. The molecule has 0 aliphatic rings. The van der Waals surface area contributed by atoms with E-state index in [0.29, 0.717) is 29.6 Å². The molecule has 6 nitrogen and oxygen atoms in total. The molecule has 0 bridgehead atoms. The molecule has 3 N–H and O–H groups in total. The van der Waals surface area contributed by atoms with Crippen LogP contribution in [0.2, 0.25) is 0 Å². The first kappa shape index (κ1) is 14.1. The molecule has 0 atom stereocenters. The Morgan fingerprint density at radius 1 is 1.45 bits per heavy atom. The Labute approximate surface area is 124 Å². The van der Waals surface area contributed by atoms with Crippen LogP contribution in [-0.4, -0.2) is 16.6 Å². The summed E-state index contributed by atoms with van der Waals surface area (Å²) < 4.78 is 6.05. The number of nitriles is 1. The number of halogens is 1. The van der Waals surface area contributed by atoms with Crippen LogP contribution in [0.5, 0.6) is 5.88 Å². The van der Waals surface area contributed by atoms with Gasteiger partial charge in [-0.25, -0.2) is 4.98 Å². The van der Waals surface area contributed by atoms with E-state index in [1.807, 2.05) is 6.92 Å². The maximum Gasteiger partial charge on any atom is 0.242 e. The smallest absolute Gasteiger partial charge is 0.242 e. The lowest BCUT2D eigenvalue weighted by Crippen LogP contribution is -2.05. The third kappa shape index (κ3) is 2.97. The number of nitrogens with zero attached hydrogens (tertiary/aromatic N) is 3. The van der Waals surface area contributed by atoms with Crippen LogP contribution in [0.3, 0.4) is 0 Å². The number of hydrogen-bond acceptors (Lipinski definition) is 6. The molecule has 0 fully saturated rings. The minimum atomic E-state index is 0.339. The van der Waals surface area contributed by atoms with Gasteiger partial charge in [-0.15, -0.1) is 0 Å². The molecule has 0 amide bonds. The van der Waals surface area contributed by atoms with E-state index in [1.54, 1.807) is 18.2 Å². The van der Waals surface area contributed by atoms with Crippen molar-refractivity contribution < 1.29 is 4.74 Å². The topological polar surface area (TPSA) is 96.9 Å². The molecule has 0 saturated heterocycles. The van der Waals surface area contributed by atoms with Crippen molar-refractivity contribution in [1.82, 2.24) is 9.97 Å². The third-order valence-corrected chi connectivity index (χ3v) is 3.14. The molecule has 0 saturated carbocycles. The Morgan fingerprint density at radius 2 is 2.25 bits per heavy atom. The highest BCUT2D eigenvalue weighted by Crippen LogP contribution is 2.31. The zero-order valence-electron chi connectivity index (χ0n) is 10.7. The zero-order valence-corrected chi connectivity index (χ0v) is 12.3. The first-order chi connectivity index (χ1) is 9.65. The largest absolute Gasteiger partial charge is 0.476 e.